The molecule has 1 N–H and O–H groups in total. The van der Waals surface area contributed by atoms with Crippen LogP contribution in [0.4, 0.5) is 11.4 Å². The number of benzene rings is 1. The second kappa shape index (κ2) is 4.43. The molecule has 0 heterocycles. The molecule has 0 saturated carbocycles. The van der Waals surface area contributed by atoms with Gasteiger partial charge >= 0.3 is 11.7 Å². The summed E-state index contributed by atoms with van der Waals surface area (Å²) in [4.78, 5) is 30.2. The first-order chi connectivity index (χ1) is 7.88. The third-order valence-corrected chi connectivity index (χ3v) is 1.89. The van der Waals surface area contributed by atoms with E-state index < -0.39 is 38.5 Å². The first-order valence-electron chi connectivity index (χ1n) is 4.12. The molecule has 9 nitrogen and oxygen atoms in total. The molecule has 0 radical (unpaired) electrons. The Labute approximate surface area is 93.5 Å². The Morgan fingerprint density at radius 3 is 2.29 bits per heavy atom. The van der Waals surface area contributed by atoms with Gasteiger partial charge in [0.05, 0.1) is 23.0 Å². The van der Waals surface area contributed by atoms with E-state index >= 15 is 0 Å². The topological polar surface area (TPSA) is 133 Å². The largest absolute Gasteiger partial charge is 0.501 e. The minimum atomic E-state index is -1.10. The van der Waals surface area contributed by atoms with Gasteiger partial charge in [-0.3, -0.25) is 20.2 Å². The molecule has 90 valence electrons. The van der Waals surface area contributed by atoms with Crippen molar-refractivity contribution in [1.82, 2.24) is 0 Å². The molecule has 1 rings (SSSR count). The Balaban J connectivity index is 3.54. The van der Waals surface area contributed by atoms with E-state index in [-0.39, 0.29) is 0 Å². The van der Waals surface area contributed by atoms with Crippen molar-refractivity contribution in [3.8, 4) is 5.75 Å². The van der Waals surface area contributed by atoms with Gasteiger partial charge in [-0.1, -0.05) is 0 Å². The highest BCUT2D eigenvalue weighted by Gasteiger charge is 2.27. The Bertz CT molecular complexity index is 511. The molecule has 0 aliphatic rings. The summed E-state index contributed by atoms with van der Waals surface area (Å²) in [5.74, 6) is -2.07. The Morgan fingerprint density at radius 1 is 1.29 bits per heavy atom. The summed E-state index contributed by atoms with van der Waals surface area (Å²) >= 11 is 0. The van der Waals surface area contributed by atoms with Crippen LogP contribution in [-0.2, 0) is 4.74 Å². The number of rotatable bonds is 3. The highest BCUT2D eigenvalue weighted by Crippen LogP contribution is 2.34. The summed E-state index contributed by atoms with van der Waals surface area (Å²) in [7, 11) is 0.979. The summed E-state index contributed by atoms with van der Waals surface area (Å²) in [6, 6.07) is 1.26. The molecule has 0 saturated heterocycles. The number of carbonyl (C=O) groups excluding carboxylic acids is 1. The third-order valence-electron chi connectivity index (χ3n) is 1.89. The normalized spacial score (nSPS) is 9.71. The highest BCUT2D eigenvalue weighted by atomic mass is 16.6. The first kappa shape index (κ1) is 12.4. The molecule has 0 atom stereocenters. The van der Waals surface area contributed by atoms with Crippen molar-refractivity contribution in [2.24, 2.45) is 0 Å². The highest BCUT2D eigenvalue weighted by molar-refractivity contribution is 5.94. The van der Waals surface area contributed by atoms with Gasteiger partial charge in [0.2, 0.25) is 5.75 Å². The number of esters is 1. The van der Waals surface area contributed by atoms with E-state index in [0.717, 1.165) is 7.11 Å². The number of phenols is 1. The van der Waals surface area contributed by atoms with Crippen LogP contribution in [0, 0.1) is 20.2 Å². The zero-order valence-electron chi connectivity index (χ0n) is 8.45. The number of hydrogen-bond acceptors (Lipinski definition) is 7. The molecule has 1 aromatic carbocycles. The van der Waals surface area contributed by atoms with E-state index in [1.54, 1.807) is 0 Å². The first-order valence-corrected chi connectivity index (χ1v) is 4.12. The molecule has 0 aliphatic carbocycles. The van der Waals surface area contributed by atoms with Crippen LogP contribution in [0.3, 0.4) is 0 Å². The Hall–Kier alpha value is -2.71. The van der Waals surface area contributed by atoms with Gasteiger partial charge < -0.3 is 9.84 Å². The quantitative estimate of drug-likeness (QED) is 0.474. The lowest BCUT2D eigenvalue weighted by Crippen LogP contribution is -2.04. The lowest BCUT2D eigenvalue weighted by molar-refractivity contribution is -0.394. The Morgan fingerprint density at radius 2 is 1.88 bits per heavy atom. The fraction of sp³-hybridized carbons (Fsp3) is 0.125. The van der Waals surface area contributed by atoms with Crippen molar-refractivity contribution < 1.29 is 24.5 Å². The number of nitrogens with zero attached hydrogens (tertiary/aromatic N) is 2. The molecule has 0 aliphatic heterocycles. The maximum Gasteiger partial charge on any atom is 0.342 e. The summed E-state index contributed by atoms with van der Waals surface area (Å²) in [5.41, 5.74) is -2.25. The van der Waals surface area contributed by atoms with Crippen LogP contribution in [-0.4, -0.2) is 28.0 Å². The number of ether oxygens (including phenoxy) is 1. The van der Waals surface area contributed by atoms with Crippen molar-refractivity contribution in [1.29, 1.82) is 0 Å². The number of hydrogen-bond donors (Lipinski definition) is 1. The van der Waals surface area contributed by atoms with Crippen LogP contribution >= 0.6 is 0 Å². The molecule has 0 bridgehead atoms. The summed E-state index contributed by atoms with van der Waals surface area (Å²) in [6.07, 6.45) is 0. The van der Waals surface area contributed by atoms with E-state index in [4.69, 9.17) is 0 Å². The predicted molar refractivity (Wildman–Crippen MR) is 52.8 cm³/mol. The lowest BCUT2D eigenvalue weighted by Gasteiger charge is -2.03. The minimum absolute atomic E-state index is 0.557. The van der Waals surface area contributed by atoms with E-state index in [1.807, 2.05) is 0 Å². The van der Waals surface area contributed by atoms with E-state index in [1.165, 1.54) is 0 Å². The predicted octanol–water partition coefficient (Wildman–Crippen LogP) is 0.995. The number of phenolic OH excluding ortho intramolecular Hbond substituents is 1. The standard InChI is InChI=1S/C8H6N2O7/c1-17-8(12)5-2-4(9(13)14)3-6(7(5)11)10(15)16/h2-3,11H,1H3. The third kappa shape index (κ3) is 2.27. The van der Waals surface area contributed by atoms with Crippen molar-refractivity contribution in [2.45, 2.75) is 0 Å². The van der Waals surface area contributed by atoms with Gasteiger partial charge in [0.1, 0.15) is 5.56 Å². The second-order valence-electron chi connectivity index (χ2n) is 2.87. The maximum atomic E-state index is 11.2. The van der Waals surface area contributed by atoms with Crippen LogP contribution < -0.4 is 0 Å². The van der Waals surface area contributed by atoms with Crippen molar-refractivity contribution in [3.05, 3.63) is 37.9 Å². The van der Waals surface area contributed by atoms with Crippen LogP contribution in [0.5, 0.6) is 5.75 Å². The molecule has 0 aromatic heterocycles. The Kier molecular flexibility index (Phi) is 3.22. The summed E-state index contributed by atoms with van der Waals surface area (Å²) < 4.78 is 4.24. The summed E-state index contributed by atoms with van der Waals surface area (Å²) in [5, 5.41) is 30.4. The number of carbonyl (C=O) groups is 1. The molecule has 0 unspecified atom stereocenters. The molecule has 0 fully saturated rings. The van der Waals surface area contributed by atoms with Gasteiger partial charge in [0.15, 0.2) is 0 Å². The molecule has 0 amide bonds. The van der Waals surface area contributed by atoms with Crippen LogP contribution in [0.1, 0.15) is 10.4 Å². The average Bonchev–Trinajstić information content (AvgIpc) is 2.27. The monoisotopic (exact) mass is 242 g/mol. The smallest absolute Gasteiger partial charge is 0.342 e. The SMILES string of the molecule is COC(=O)c1cc([N+](=O)[O-])cc([N+](=O)[O-])c1O. The minimum Gasteiger partial charge on any atom is -0.501 e. The molecular formula is C8H6N2O7. The van der Waals surface area contributed by atoms with Crippen molar-refractivity contribution in [3.63, 3.8) is 0 Å². The van der Waals surface area contributed by atoms with E-state index in [2.05, 4.69) is 4.74 Å². The van der Waals surface area contributed by atoms with Crippen molar-refractivity contribution in [2.75, 3.05) is 7.11 Å². The lowest BCUT2D eigenvalue weighted by atomic mass is 10.1. The maximum absolute atomic E-state index is 11.2. The molecule has 0 spiro atoms. The van der Waals surface area contributed by atoms with Crippen LogP contribution in [0.2, 0.25) is 0 Å². The van der Waals surface area contributed by atoms with Gasteiger partial charge in [-0.2, -0.15) is 0 Å². The number of aromatic hydroxyl groups is 1. The van der Waals surface area contributed by atoms with E-state index in [9.17, 15) is 30.1 Å². The molecular weight excluding hydrogens is 236 g/mol. The zero-order chi connectivity index (χ0) is 13.2. The summed E-state index contributed by atoms with van der Waals surface area (Å²) in [6.45, 7) is 0. The van der Waals surface area contributed by atoms with Crippen LogP contribution in [0.15, 0.2) is 12.1 Å². The molecule has 9 heteroatoms. The number of nitro groups is 2. The number of non-ortho nitro benzene ring substituents is 1. The number of methoxy groups -OCH3 is 1. The fourth-order valence-electron chi connectivity index (χ4n) is 1.11. The van der Waals surface area contributed by atoms with E-state index in [0.29, 0.717) is 12.1 Å². The van der Waals surface area contributed by atoms with Gasteiger partial charge in [0, 0.05) is 6.07 Å². The second-order valence-corrected chi connectivity index (χ2v) is 2.87. The van der Waals surface area contributed by atoms with Gasteiger partial charge in [-0.05, 0) is 0 Å². The average molecular weight is 242 g/mol. The van der Waals surface area contributed by atoms with Crippen LogP contribution in [0.25, 0.3) is 0 Å². The number of nitro benzene ring substituents is 2. The van der Waals surface area contributed by atoms with Gasteiger partial charge in [0.25, 0.3) is 5.69 Å². The van der Waals surface area contributed by atoms with Gasteiger partial charge in [-0.25, -0.2) is 4.79 Å². The fourth-order valence-corrected chi connectivity index (χ4v) is 1.11. The van der Waals surface area contributed by atoms with Crippen molar-refractivity contribution >= 4 is 17.3 Å². The molecule has 1 aromatic rings. The zero-order valence-corrected chi connectivity index (χ0v) is 8.45. The van der Waals surface area contributed by atoms with Gasteiger partial charge in [-0.15, -0.1) is 0 Å². The molecule has 17 heavy (non-hydrogen) atoms.